The predicted octanol–water partition coefficient (Wildman–Crippen LogP) is 3.00. The third kappa shape index (κ3) is 3.91. The van der Waals surface area contributed by atoms with Gasteiger partial charge in [0.15, 0.2) is 0 Å². The molecule has 0 spiro atoms. The van der Waals surface area contributed by atoms with Crippen molar-refractivity contribution in [3.63, 3.8) is 0 Å². The summed E-state index contributed by atoms with van der Waals surface area (Å²) >= 11 is 1.64. The molecule has 2 nitrogen and oxygen atoms in total. The van der Waals surface area contributed by atoms with Crippen LogP contribution in [0.4, 0.5) is 4.39 Å². The van der Waals surface area contributed by atoms with Gasteiger partial charge in [-0.2, -0.15) is 0 Å². The van der Waals surface area contributed by atoms with Crippen LogP contribution < -0.4 is 5.32 Å². The number of hydrogen-bond acceptors (Lipinski definition) is 3. The van der Waals surface area contributed by atoms with E-state index in [1.165, 1.54) is 10.9 Å². The highest BCUT2D eigenvalue weighted by Crippen LogP contribution is 2.08. The number of rotatable bonds is 5. The molecule has 17 heavy (non-hydrogen) atoms. The minimum Gasteiger partial charge on any atom is -0.309 e. The third-order valence-corrected chi connectivity index (χ3v) is 3.32. The Labute approximate surface area is 105 Å². The first-order valence-electron chi connectivity index (χ1n) is 5.59. The van der Waals surface area contributed by atoms with E-state index in [1.807, 2.05) is 17.8 Å². The van der Waals surface area contributed by atoms with Gasteiger partial charge >= 0.3 is 0 Å². The van der Waals surface area contributed by atoms with E-state index in [1.54, 1.807) is 23.5 Å². The number of nitrogens with zero attached hydrogens (tertiary/aromatic N) is 1. The Morgan fingerprint density at radius 3 is 3.06 bits per heavy atom. The molecule has 0 aliphatic carbocycles. The van der Waals surface area contributed by atoms with Gasteiger partial charge in [0.05, 0.1) is 5.51 Å². The van der Waals surface area contributed by atoms with Crippen molar-refractivity contribution < 1.29 is 4.39 Å². The predicted molar refractivity (Wildman–Crippen MR) is 68.5 cm³/mol. The van der Waals surface area contributed by atoms with Crippen molar-refractivity contribution in [1.29, 1.82) is 0 Å². The molecule has 1 aromatic carbocycles. The summed E-state index contributed by atoms with van der Waals surface area (Å²) in [6.45, 7) is 2.92. The van der Waals surface area contributed by atoms with Gasteiger partial charge in [0.1, 0.15) is 5.82 Å². The van der Waals surface area contributed by atoms with Crippen molar-refractivity contribution in [2.75, 3.05) is 0 Å². The normalized spacial score (nSPS) is 12.6. The molecule has 0 fully saturated rings. The maximum absolute atomic E-state index is 13.0. The van der Waals surface area contributed by atoms with Gasteiger partial charge in [-0.25, -0.2) is 4.39 Å². The average Bonchev–Trinajstić information content (AvgIpc) is 2.79. The first kappa shape index (κ1) is 12.2. The lowest BCUT2D eigenvalue weighted by atomic mass is 10.1. The lowest BCUT2D eigenvalue weighted by molar-refractivity contribution is 0.545. The summed E-state index contributed by atoms with van der Waals surface area (Å²) in [5.74, 6) is -0.169. The number of benzene rings is 1. The second-order valence-electron chi connectivity index (χ2n) is 4.08. The minimum atomic E-state index is -0.169. The zero-order valence-electron chi connectivity index (χ0n) is 9.69. The Hall–Kier alpha value is -1.26. The molecule has 2 rings (SSSR count). The Kier molecular flexibility index (Phi) is 4.23. The summed E-state index contributed by atoms with van der Waals surface area (Å²) in [7, 11) is 0. The van der Waals surface area contributed by atoms with Gasteiger partial charge in [-0.05, 0) is 31.0 Å². The van der Waals surface area contributed by atoms with Gasteiger partial charge in [-0.15, -0.1) is 11.3 Å². The van der Waals surface area contributed by atoms with Gasteiger partial charge in [-0.3, -0.25) is 4.98 Å². The SMILES string of the molecule is CC(Cc1cccc(F)c1)NCc1cncs1. The fourth-order valence-electron chi connectivity index (χ4n) is 1.69. The Morgan fingerprint density at radius 2 is 2.35 bits per heavy atom. The molecule has 1 N–H and O–H groups in total. The van der Waals surface area contributed by atoms with E-state index in [-0.39, 0.29) is 5.82 Å². The van der Waals surface area contributed by atoms with Crippen LogP contribution in [0.25, 0.3) is 0 Å². The zero-order chi connectivity index (χ0) is 12.1. The van der Waals surface area contributed by atoms with E-state index in [9.17, 15) is 4.39 Å². The van der Waals surface area contributed by atoms with E-state index in [0.717, 1.165) is 18.5 Å². The van der Waals surface area contributed by atoms with Crippen LogP contribution in [-0.2, 0) is 13.0 Å². The summed E-state index contributed by atoms with van der Waals surface area (Å²) in [5, 5.41) is 3.40. The first-order chi connectivity index (χ1) is 8.24. The largest absolute Gasteiger partial charge is 0.309 e. The van der Waals surface area contributed by atoms with Gasteiger partial charge in [-0.1, -0.05) is 12.1 Å². The van der Waals surface area contributed by atoms with Gasteiger partial charge in [0.25, 0.3) is 0 Å². The van der Waals surface area contributed by atoms with Crippen LogP contribution in [0, 0.1) is 5.82 Å². The molecular formula is C13H15FN2S. The van der Waals surface area contributed by atoms with Crippen molar-refractivity contribution in [1.82, 2.24) is 10.3 Å². The van der Waals surface area contributed by atoms with Crippen LogP contribution >= 0.6 is 11.3 Å². The van der Waals surface area contributed by atoms with Gasteiger partial charge in [0.2, 0.25) is 0 Å². The highest BCUT2D eigenvalue weighted by molar-refractivity contribution is 7.09. The molecule has 0 radical (unpaired) electrons. The van der Waals surface area contributed by atoms with E-state index in [4.69, 9.17) is 0 Å². The number of hydrogen-bond donors (Lipinski definition) is 1. The Morgan fingerprint density at radius 1 is 1.47 bits per heavy atom. The van der Waals surface area contributed by atoms with E-state index < -0.39 is 0 Å². The lowest BCUT2D eigenvalue weighted by Crippen LogP contribution is -2.27. The van der Waals surface area contributed by atoms with Gasteiger partial charge in [0, 0.05) is 23.7 Å². The van der Waals surface area contributed by atoms with E-state index in [2.05, 4.69) is 17.2 Å². The van der Waals surface area contributed by atoms with Crippen LogP contribution in [0.15, 0.2) is 36.0 Å². The van der Waals surface area contributed by atoms with Crippen LogP contribution in [0.3, 0.4) is 0 Å². The second kappa shape index (κ2) is 5.89. The second-order valence-corrected chi connectivity index (χ2v) is 5.05. The molecule has 4 heteroatoms. The number of nitrogens with one attached hydrogen (secondary N) is 1. The van der Waals surface area contributed by atoms with Crippen molar-refractivity contribution in [2.45, 2.75) is 25.9 Å². The smallest absolute Gasteiger partial charge is 0.123 e. The molecule has 0 aliphatic rings. The van der Waals surface area contributed by atoms with Crippen LogP contribution in [0.2, 0.25) is 0 Å². The summed E-state index contributed by atoms with van der Waals surface area (Å²) in [4.78, 5) is 5.24. The molecule has 0 saturated heterocycles. The standard InChI is InChI=1S/C13H15FN2S/c1-10(16-8-13-7-15-9-17-13)5-11-3-2-4-12(14)6-11/h2-4,6-7,9-10,16H,5,8H2,1H3. The maximum atomic E-state index is 13.0. The molecule has 0 amide bonds. The van der Waals surface area contributed by atoms with Crippen LogP contribution in [-0.4, -0.2) is 11.0 Å². The molecule has 90 valence electrons. The average molecular weight is 250 g/mol. The monoisotopic (exact) mass is 250 g/mol. The molecule has 1 heterocycles. The van der Waals surface area contributed by atoms with Crippen molar-refractivity contribution in [3.05, 3.63) is 52.2 Å². The Bertz CT molecular complexity index is 456. The minimum absolute atomic E-state index is 0.169. The summed E-state index contributed by atoms with van der Waals surface area (Å²) in [6, 6.07) is 7.08. The number of aromatic nitrogens is 1. The molecule has 0 saturated carbocycles. The highest BCUT2D eigenvalue weighted by Gasteiger charge is 2.04. The Balaban J connectivity index is 1.83. The zero-order valence-corrected chi connectivity index (χ0v) is 10.5. The first-order valence-corrected chi connectivity index (χ1v) is 6.47. The molecule has 1 atom stereocenters. The van der Waals surface area contributed by atoms with Gasteiger partial charge < -0.3 is 5.32 Å². The molecule has 0 aliphatic heterocycles. The molecule has 2 aromatic rings. The van der Waals surface area contributed by atoms with Crippen molar-refractivity contribution in [3.8, 4) is 0 Å². The summed E-state index contributed by atoms with van der Waals surface area (Å²) < 4.78 is 13.0. The lowest BCUT2D eigenvalue weighted by Gasteiger charge is -2.13. The summed E-state index contributed by atoms with van der Waals surface area (Å²) in [5.41, 5.74) is 2.85. The van der Waals surface area contributed by atoms with Crippen molar-refractivity contribution in [2.24, 2.45) is 0 Å². The van der Waals surface area contributed by atoms with E-state index in [0.29, 0.717) is 6.04 Å². The fourth-order valence-corrected chi connectivity index (χ4v) is 2.24. The van der Waals surface area contributed by atoms with Crippen LogP contribution in [0.5, 0.6) is 0 Å². The number of halogens is 1. The topological polar surface area (TPSA) is 24.9 Å². The highest BCUT2D eigenvalue weighted by atomic mass is 32.1. The third-order valence-electron chi connectivity index (χ3n) is 2.54. The summed E-state index contributed by atoms with van der Waals surface area (Å²) in [6.07, 6.45) is 2.70. The molecular weight excluding hydrogens is 235 g/mol. The molecule has 0 bridgehead atoms. The number of thiazole rings is 1. The van der Waals surface area contributed by atoms with E-state index >= 15 is 0 Å². The molecule has 1 unspecified atom stereocenters. The quantitative estimate of drug-likeness (QED) is 0.882. The van der Waals surface area contributed by atoms with Crippen LogP contribution in [0.1, 0.15) is 17.4 Å². The molecule has 1 aromatic heterocycles. The fraction of sp³-hybridized carbons (Fsp3) is 0.308. The van der Waals surface area contributed by atoms with Crippen molar-refractivity contribution >= 4 is 11.3 Å². The maximum Gasteiger partial charge on any atom is 0.123 e.